The molecule has 2 atom stereocenters. The van der Waals surface area contributed by atoms with Crippen molar-refractivity contribution >= 4 is 11.8 Å². The summed E-state index contributed by atoms with van der Waals surface area (Å²) >= 11 is 0. The zero-order valence-electron chi connectivity index (χ0n) is 11.7. The number of methoxy groups -OCH3 is 2. The van der Waals surface area contributed by atoms with E-state index in [9.17, 15) is 9.59 Å². The molecule has 0 aromatic heterocycles. The fraction of sp³-hybridized carbons (Fsp3) is 0.429. The molecule has 1 aliphatic carbocycles. The van der Waals surface area contributed by atoms with Gasteiger partial charge in [-0.3, -0.25) is 20.4 Å². The summed E-state index contributed by atoms with van der Waals surface area (Å²) in [6.45, 7) is 2.00. The first-order chi connectivity index (χ1) is 9.55. The molecule has 2 rings (SSSR count). The molecular weight excluding hydrogens is 260 g/mol. The standard InChI is InChI=1S/C14H18N2O4/c1-8-4-12(8)14(18)16-15-13(17)9-5-10(19-2)7-11(6-9)20-3/h5-8,12H,4H2,1-3H3,(H,15,17)(H,16,18)/t8-,12-/m0/s1. The number of nitrogens with one attached hydrogen (secondary N) is 2. The Balaban J connectivity index is 1.99. The van der Waals surface area contributed by atoms with E-state index in [0.29, 0.717) is 23.0 Å². The average molecular weight is 278 g/mol. The van der Waals surface area contributed by atoms with Crippen molar-refractivity contribution in [1.82, 2.24) is 10.9 Å². The van der Waals surface area contributed by atoms with Crippen LogP contribution in [0.15, 0.2) is 18.2 Å². The first-order valence-electron chi connectivity index (χ1n) is 6.38. The number of hydrogen-bond acceptors (Lipinski definition) is 4. The topological polar surface area (TPSA) is 76.7 Å². The van der Waals surface area contributed by atoms with Crippen molar-refractivity contribution in [3.8, 4) is 11.5 Å². The van der Waals surface area contributed by atoms with Crippen LogP contribution in [0.1, 0.15) is 23.7 Å². The Kier molecular flexibility index (Phi) is 4.12. The fourth-order valence-electron chi connectivity index (χ4n) is 1.91. The van der Waals surface area contributed by atoms with Crippen molar-refractivity contribution in [2.24, 2.45) is 11.8 Å². The van der Waals surface area contributed by atoms with E-state index in [4.69, 9.17) is 9.47 Å². The van der Waals surface area contributed by atoms with Crippen LogP contribution in [-0.2, 0) is 4.79 Å². The summed E-state index contributed by atoms with van der Waals surface area (Å²) < 4.78 is 10.2. The Bertz CT molecular complexity index is 508. The van der Waals surface area contributed by atoms with Gasteiger partial charge in [0.2, 0.25) is 5.91 Å². The Morgan fingerprint density at radius 2 is 1.65 bits per heavy atom. The molecule has 6 heteroatoms. The van der Waals surface area contributed by atoms with Crippen molar-refractivity contribution in [3.63, 3.8) is 0 Å². The maximum absolute atomic E-state index is 12.0. The Morgan fingerprint density at radius 1 is 1.10 bits per heavy atom. The average Bonchev–Trinajstić information content (AvgIpc) is 3.20. The van der Waals surface area contributed by atoms with Crippen LogP contribution in [0.3, 0.4) is 0 Å². The second-order valence-corrected chi connectivity index (χ2v) is 4.86. The third-order valence-electron chi connectivity index (χ3n) is 3.36. The van der Waals surface area contributed by atoms with Crippen LogP contribution in [0.25, 0.3) is 0 Å². The molecule has 2 amide bonds. The monoisotopic (exact) mass is 278 g/mol. The predicted octanol–water partition coefficient (Wildman–Crippen LogP) is 1.12. The number of hydrazine groups is 1. The molecule has 0 bridgehead atoms. The fourth-order valence-corrected chi connectivity index (χ4v) is 1.91. The summed E-state index contributed by atoms with van der Waals surface area (Å²) in [4.78, 5) is 23.6. The number of carbonyl (C=O) groups excluding carboxylic acids is 2. The first kappa shape index (κ1) is 14.2. The molecule has 0 unspecified atom stereocenters. The van der Waals surface area contributed by atoms with Gasteiger partial charge in [-0.15, -0.1) is 0 Å². The molecule has 0 heterocycles. The molecule has 6 nitrogen and oxygen atoms in total. The van der Waals surface area contributed by atoms with Gasteiger partial charge in [0.1, 0.15) is 11.5 Å². The van der Waals surface area contributed by atoms with Crippen molar-refractivity contribution < 1.29 is 19.1 Å². The molecule has 1 aromatic carbocycles. The van der Waals surface area contributed by atoms with Crippen LogP contribution < -0.4 is 20.3 Å². The highest BCUT2D eigenvalue weighted by atomic mass is 16.5. The van der Waals surface area contributed by atoms with Crippen LogP contribution >= 0.6 is 0 Å². The smallest absolute Gasteiger partial charge is 0.269 e. The highest BCUT2D eigenvalue weighted by molar-refractivity contribution is 5.96. The zero-order valence-corrected chi connectivity index (χ0v) is 11.7. The summed E-state index contributed by atoms with van der Waals surface area (Å²) in [6.07, 6.45) is 0.870. The molecule has 0 radical (unpaired) electrons. The lowest BCUT2D eigenvalue weighted by molar-refractivity contribution is -0.123. The minimum absolute atomic E-state index is 0.00939. The molecule has 1 saturated carbocycles. The van der Waals surface area contributed by atoms with E-state index in [1.807, 2.05) is 6.92 Å². The van der Waals surface area contributed by atoms with E-state index in [1.54, 1.807) is 18.2 Å². The summed E-state index contributed by atoms with van der Waals surface area (Å²) in [5, 5.41) is 0. The molecule has 1 fully saturated rings. The molecule has 1 aliphatic rings. The molecular formula is C14H18N2O4. The minimum Gasteiger partial charge on any atom is -0.497 e. The normalized spacial score (nSPS) is 19.9. The van der Waals surface area contributed by atoms with E-state index >= 15 is 0 Å². The zero-order chi connectivity index (χ0) is 14.7. The lowest BCUT2D eigenvalue weighted by Gasteiger charge is -2.10. The summed E-state index contributed by atoms with van der Waals surface area (Å²) in [7, 11) is 3.01. The van der Waals surface area contributed by atoms with Gasteiger partial charge < -0.3 is 9.47 Å². The van der Waals surface area contributed by atoms with Gasteiger partial charge in [0.25, 0.3) is 5.91 Å². The minimum atomic E-state index is -0.413. The van der Waals surface area contributed by atoms with Crippen LogP contribution in [0, 0.1) is 11.8 Å². The van der Waals surface area contributed by atoms with Gasteiger partial charge in [-0.05, 0) is 24.5 Å². The van der Waals surface area contributed by atoms with E-state index in [0.717, 1.165) is 6.42 Å². The number of hydrogen-bond donors (Lipinski definition) is 2. The van der Waals surface area contributed by atoms with E-state index in [1.165, 1.54) is 14.2 Å². The van der Waals surface area contributed by atoms with Gasteiger partial charge in [-0.2, -0.15) is 0 Å². The molecule has 2 N–H and O–H groups in total. The van der Waals surface area contributed by atoms with Gasteiger partial charge in [-0.1, -0.05) is 6.92 Å². The Hall–Kier alpha value is -2.24. The second kappa shape index (κ2) is 5.81. The van der Waals surface area contributed by atoms with Crippen molar-refractivity contribution in [3.05, 3.63) is 23.8 Å². The summed E-state index contributed by atoms with van der Waals surface area (Å²) in [5.74, 6) is 0.858. The molecule has 108 valence electrons. The van der Waals surface area contributed by atoms with E-state index in [-0.39, 0.29) is 11.8 Å². The van der Waals surface area contributed by atoms with Gasteiger partial charge in [0, 0.05) is 17.5 Å². The van der Waals surface area contributed by atoms with E-state index < -0.39 is 5.91 Å². The number of benzene rings is 1. The van der Waals surface area contributed by atoms with E-state index in [2.05, 4.69) is 10.9 Å². The lowest BCUT2D eigenvalue weighted by Crippen LogP contribution is -2.42. The third kappa shape index (κ3) is 3.20. The van der Waals surface area contributed by atoms with Crippen molar-refractivity contribution in [2.45, 2.75) is 13.3 Å². The Labute approximate surface area is 117 Å². The maximum Gasteiger partial charge on any atom is 0.269 e. The van der Waals surface area contributed by atoms with Crippen LogP contribution in [0.2, 0.25) is 0 Å². The largest absolute Gasteiger partial charge is 0.497 e. The van der Waals surface area contributed by atoms with Crippen LogP contribution in [-0.4, -0.2) is 26.0 Å². The van der Waals surface area contributed by atoms with Gasteiger partial charge in [-0.25, -0.2) is 0 Å². The predicted molar refractivity (Wildman–Crippen MR) is 72.4 cm³/mol. The lowest BCUT2D eigenvalue weighted by atomic mass is 10.2. The quantitative estimate of drug-likeness (QED) is 0.809. The van der Waals surface area contributed by atoms with Crippen molar-refractivity contribution in [2.75, 3.05) is 14.2 Å². The number of ether oxygens (including phenoxy) is 2. The van der Waals surface area contributed by atoms with Crippen LogP contribution in [0.4, 0.5) is 0 Å². The molecule has 1 aromatic rings. The van der Waals surface area contributed by atoms with Crippen molar-refractivity contribution in [1.29, 1.82) is 0 Å². The van der Waals surface area contributed by atoms with Gasteiger partial charge in [0.15, 0.2) is 0 Å². The number of amides is 2. The molecule has 0 aliphatic heterocycles. The highest BCUT2D eigenvalue weighted by Gasteiger charge is 2.39. The van der Waals surface area contributed by atoms with Gasteiger partial charge >= 0.3 is 0 Å². The molecule has 0 saturated heterocycles. The highest BCUT2D eigenvalue weighted by Crippen LogP contribution is 2.37. The third-order valence-corrected chi connectivity index (χ3v) is 3.36. The second-order valence-electron chi connectivity index (χ2n) is 4.86. The number of rotatable bonds is 4. The summed E-state index contributed by atoms with van der Waals surface area (Å²) in [5.41, 5.74) is 5.17. The first-order valence-corrected chi connectivity index (χ1v) is 6.38. The molecule has 20 heavy (non-hydrogen) atoms. The molecule has 0 spiro atoms. The Morgan fingerprint density at radius 3 is 2.10 bits per heavy atom. The number of carbonyl (C=O) groups is 2. The van der Waals surface area contributed by atoms with Gasteiger partial charge in [0.05, 0.1) is 14.2 Å². The maximum atomic E-state index is 12.0. The SMILES string of the molecule is COc1cc(OC)cc(C(=O)NNC(=O)[C@H]2C[C@@H]2C)c1. The van der Waals surface area contributed by atoms with Crippen LogP contribution in [0.5, 0.6) is 11.5 Å². The summed E-state index contributed by atoms with van der Waals surface area (Å²) in [6, 6.07) is 4.81.